The number of carbonyl (C=O) groups excluding carboxylic acids is 2. The Bertz CT molecular complexity index is 716. The van der Waals surface area contributed by atoms with Gasteiger partial charge in [-0.25, -0.2) is 5.43 Å². The third-order valence-electron chi connectivity index (χ3n) is 3.76. The molecule has 2 atom stereocenters. The lowest BCUT2D eigenvalue weighted by Gasteiger charge is -2.15. The molecule has 1 aliphatic rings. The first-order chi connectivity index (χ1) is 11.3. The fourth-order valence-electron chi connectivity index (χ4n) is 2.63. The van der Waals surface area contributed by atoms with Gasteiger partial charge in [-0.05, 0) is 11.6 Å². The zero-order valence-corrected chi connectivity index (χ0v) is 12.3. The lowest BCUT2D eigenvalue weighted by molar-refractivity contribution is -0.133. The molecule has 6 heteroatoms. The summed E-state index contributed by atoms with van der Waals surface area (Å²) in [5, 5.41) is 6.65. The number of pyridine rings is 1. The predicted molar refractivity (Wildman–Crippen MR) is 85.7 cm³/mol. The lowest BCUT2D eigenvalue weighted by Crippen LogP contribution is -2.34. The number of carbonyl (C=O) groups is 2. The Hall–Kier alpha value is -3.02. The van der Waals surface area contributed by atoms with Gasteiger partial charge < -0.3 is 5.32 Å². The molecule has 2 aromatic rings. The van der Waals surface area contributed by atoms with E-state index in [1.165, 1.54) is 6.21 Å². The second-order valence-corrected chi connectivity index (χ2v) is 5.26. The van der Waals surface area contributed by atoms with Gasteiger partial charge in [-0.1, -0.05) is 36.4 Å². The number of nitrogens with zero attached hydrogens (tertiary/aromatic N) is 2. The molecule has 1 aliphatic heterocycles. The van der Waals surface area contributed by atoms with Crippen LogP contribution in [0.2, 0.25) is 0 Å². The molecule has 23 heavy (non-hydrogen) atoms. The Kier molecular flexibility index (Phi) is 4.42. The quantitative estimate of drug-likeness (QED) is 0.503. The molecule has 116 valence electrons. The van der Waals surface area contributed by atoms with Crippen LogP contribution >= 0.6 is 0 Å². The number of hydrogen-bond acceptors (Lipinski definition) is 4. The molecule has 0 radical (unpaired) electrons. The van der Waals surface area contributed by atoms with Crippen molar-refractivity contribution in [2.24, 2.45) is 11.0 Å². The fraction of sp³-hybridized carbons (Fsp3) is 0.176. The molecular weight excluding hydrogens is 292 g/mol. The highest BCUT2D eigenvalue weighted by Gasteiger charge is 2.40. The number of hydrogen-bond donors (Lipinski definition) is 2. The van der Waals surface area contributed by atoms with Gasteiger partial charge >= 0.3 is 0 Å². The molecule has 1 aromatic carbocycles. The number of hydrazone groups is 1. The van der Waals surface area contributed by atoms with Gasteiger partial charge in [0.1, 0.15) is 5.92 Å². The van der Waals surface area contributed by atoms with Crippen molar-refractivity contribution in [2.75, 3.05) is 6.54 Å². The molecule has 0 spiro atoms. The number of benzene rings is 1. The summed E-state index contributed by atoms with van der Waals surface area (Å²) in [6, 6.07) is 13.1. The Morgan fingerprint density at radius 2 is 2.09 bits per heavy atom. The Morgan fingerprint density at radius 3 is 2.83 bits per heavy atom. The molecule has 2 unspecified atom stereocenters. The fourth-order valence-corrected chi connectivity index (χ4v) is 2.63. The van der Waals surface area contributed by atoms with Crippen LogP contribution in [-0.2, 0) is 9.59 Å². The van der Waals surface area contributed by atoms with Crippen LogP contribution in [0.5, 0.6) is 0 Å². The molecule has 3 rings (SSSR count). The van der Waals surface area contributed by atoms with Crippen LogP contribution in [0.4, 0.5) is 0 Å². The Morgan fingerprint density at radius 1 is 1.26 bits per heavy atom. The molecule has 6 nitrogen and oxygen atoms in total. The summed E-state index contributed by atoms with van der Waals surface area (Å²) in [5.41, 5.74) is 4.17. The zero-order chi connectivity index (χ0) is 16.1. The van der Waals surface area contributed by atoms with Gasteiger partial charge in [-0.2, -0.15) is 5.10 Å². The number of rotatable bonds is 4. The minimum atomic E-state index is -0.775. The van der Waals surface area contributed by atoms with Gasteiger partial charge in [0, 0.05) is 30.4 Å². The third-order valence-corrected chi connectivity index (χ3v) is 3.76. The molecule has 0 saturated carbocycles. The molecule has 0 aliphatic carbocycles. The third kappa shape index (κ3) is 3.42. The Labute approximate surface area is 133 Å². The standard InChI is InChI=1S/C17H16N4O2/c22-16-15(14(11-19-16)13-6-2-1-3-7-13)17(23)21-20-10-12-5-4-8-18-9-12/h1-10,14-15H,11H2,(H,19,22)(H,21,23). The van der Waals surface area contributed by atoms with E-state index in [0.717, 1.165) is 11.1 Å². The summed E-state index contributed by atoms with van der Waals surface area (Å²) in [6.45, 7) is 0.452. The van der Waals surface area contributed by atoms with E-state index in [4.69, 9.17) is 0 Å². The smallest absolute Gasteiger partial charge is 0.253 e. The average Bonchev–Trinajstić information content (AvgIpc) is 2.98. The van der Waals surface area contributed by atoms with E-state index in [9.17, 15) is 9.59 Å². The van der Waals surface area contributed by atoms with Crippen molar-refractivity contribution in [1.82, 2.24) is 15.7 Å². The van der Waals surface area contributed by atoms with Crippen LogP contribution in [-0.4, -0.2) is 29.6 Å². The van der Waals surface area contributed by atoms with Crippen molar-refractivity contribution in [1.29, 1.82) is 0 Å². The summed E-state index contributed by atoms with van der Waals surface area (Å²) in [7, 11) is 0. The van der Waals surface area contributed by atoms with Crippen LogP contribution in [0, 0.1) is 5.92 Å². The van der Waals surface area contributed by atoms with Crippen molar-refractivity contribution < 1.29 is 9.59 Å². The highest BCUT2D eigenvalue weighted by Crippen LogP contribution is 2.28. The summed E-state index contributed by atoms with van der Waals surface area (Å²) in [5.74, 6) is -1.64. The van der Waals surface area contributed by atoms with Crippen molar-refractivity contribution in [3.8, 4) is 0 Å². The molecule has 1 fully saturated rings. The maximum atomic E-state index is 12.3. The number of amides is 2. The maximum absolute atomic E-state index is 12.3. The van der Waals surface area contributed by atoms with E-state index in [1.54, 1.807) is 18.5 Å². The predicted octanol–water partition coefficient (Wildman–Crippen LogP) is 1.06. The van der Waals surface area contributed by atoms with Crippen LogP contribution < -0.4 is 10.7 Å². The van der Waals surface area contributed by atoms with E-state index in [1.807, 2.05) is 36.4 Å². The second-order valence-electron chi connectivity index (χ2n) is 5.26. The summed E-state index contributed by atoms with van der Waals surface area (Å²) < 4.78 is 0. The average molecular weight is 308 g/mol. The lowest BCUT2D eigenvalue weighted by atomic mass is 9.88. The van der Waals surface area contributed by atoms with Gasteiger partial charge in [0.15, 0.2) is 0 Å². The van der Waals surface area contributed by atoms with Crippen LogP contribution in [0.15, 0.2) is 60.0 Å². The van der Waals surface area contributed by atoms with Crippen molar-refractivity contribution in [3.63, 3.8) is 0 Å². The van der Waals surface area contributed by atoms with Crippen molar-refractivity contribution in [3.05, 3.63) is 66.0 Å². The SMILES string of the molecule is O=C1NCC(c2ccccc2)C1C(=O)NN=Cc1cccnc1. The number of nitrogens with one attached hydrogen (secondary N) is 2. The summed E-state index contributed by atoms with van der Waals surface area (Å²) >= 11 is 0. The molecule has 1 saturated heterocycles. The summed E-state index contributed by atoms with van der Waals surface area (Å²) in [6.07, 6.45) is 4.78. The van der Waals surface area contributed by atoms with E-state index >= 15 is 0 Å². The summed E-state index contributed by atoms with van der Waals surface area (Å²) in [4.78, 5) is 28.3. The minimum absolute atomic E-state index is 0.183. The highest BCUT2D eigenvalue weighted by atomic mass is 16.2. The maximum Gasteiger partial charge on any atom is 0.253 e. The first-order valence-electron chi connectivity index (χ1n) is 7.31. The monoisotopic (exact) mass is 308 g/mol. The molecule has 0 bridgehead atoms. The molecule has 2 amide bonds. The molecular formula is C17H16N4O2. The Balaban J connectivity index is 1.70. The van der Waals surface area contributed by atoms with Crippen LogP contribution in [0.25, 0.3) is 0 Å². The van der Waals surface area contributed by atoms with E-state index in [2.05, 4.69) is 20.8 Å². The molecule has 2 N–H and O–H groups in total. The van der Waals surface area contributed by atoms with Crippen LogP contribution in [0.3, 0.4) is 0 Å². The second kappa shape index (κ2) is 6.83. The van der Waals surface area contributed by atoms with Crippen molar-refractivity contribution in [2.45, 2.75) is 5.92 Å². The topological polar surface area (TPSA) is 83.5 Å². The first-order valence-corrected chi connectivity index (χ1v) is 7.31. The largest absolute Gasteiger partial charge is 0.355 e. The van der Waals surface area contributed by atoms with Gasteiger partial charge in [-0.3, -0.25) is 14.6 Å². The van der Waals surface area contributed by atoms with E-state index in [-0.39, 0.29) is 11.8 Å². The highest BCUT2D eigenvalue weighted by molar-refractivity contribution is 6.03. The van der Waals surface area contributed by atoms with Crippen LogP contribution in [0.1, 0.15) is 17.0 Å². The zero-order valence-electron chi connectivity index (χ0n) is 12.3. The molecule has 1 aromatic heterocycles. The normalized spacial score (nSPS) is 20.4. The van der Waals surface area contributed by atoms with Crippen molar-refractivity contribution >= 4 is 18.0 Å². The molecule has 2 heterocycles. The van der Waals surface area contributed by atoms with Gasteiger partial charge in [0.2, 0.25) is 5.91 Å². The van der Waals surface area contributed by atoms with E-state index < -0.39 is 11.8 Å². The number of aromatic nitrogens is 1. The first kappa shape index (κ1) is 14.9. The van der Waals surface area contributed by atoms with E-state index in [0.29, 0.717) is 6.54 Å². The van der Waals surface area contributed by atoms with Gasteiger partial charge in [-0.15, -0.1) is 0 Å². The minimum Gasteiger partial charge on any atom is -0.355 e. The van der Waals surface area contributed by atoms with Gasteiger partial charge in [0.25, 0.3) is 5.91 Å². The van der Waals surface area contributed by atoms with Gasteiger partial charge in [0.05, 0.1) is 6.21 Å².